The number of methoxy groups -OCH3 is 1. The van der Waals surface area contributed by atoms with Crippen LogP contribution in [0.2, 0.25) is 5.02 Å². The van der Waals surface area contributed by atoms with Gasteiger partial charge in [0.2, 0.25) is 5.91 Å². The van der Waals surface area contributed by atoms with Gasteiger partial charge in [-0.05, 0) is 12.1 Å². The molecule has 1 fully saturated rings. The summed E-state index contributed by atoms with van der Waals surface area (Å²) in [4.78, 5) is 11.0. The molecule has 0 unspecified atom stereocenters. The Labute approximate surface area is 137 Å². The van der Waals surface area contributed by atoms with E-state index in [0.29, 0.717) is 39.6 Å². The van der Waals surface area contributed by atoms with Crippen molar-refractivity contribution >= 4 is 40.7 Å². The first-order valence-corrected chi connectivity index (χ1v) is 7.65. The number of halogens is 1. The number of hydrogen-bond acceptors (Lipinski definition) is 6. The summed E-state index contributed by atoms with van der Waals surface area (Å²) in [7, 11) is 1.53. The molecule has 8 heteroatoms. The van der Waals surface area contributed by atoms with Crippen molar-refractivity contribution in [2.45, 2.75) is 0 Å². The van der Waals surface area contributed by atoms with Gasteiger partial charge in [-0.3, -0.25) is 4.79 Å². The summed E-state index contributed by atoms with van der Waals surface area (Å²) in [6.07, 6.45) is 3.14. The summed E-state index contributed by atoms with van der Waals surface area (Å²) in [6.45, 7) is 3.91. The van der Waals surface area contributed by atoms with Crippen molar-refractivity contribution in [3.63, 3.8) is 0 Å². The topological polar surface area (TPSA) is 72.3 Å². The molecule has 1 heterocycles. The predicted molar refractivity (Wildman–Crippen MR) is 89.3 cm³/mol. The first-order chi connectivity index (χ1) is 10.6. The van der Waals surface area contributed by atoms with Crippen LogP contribution in [0.1, 0.15) is 5.56 Å². The largest absolute Gasteiger partial charge is 0.493 e. The Bertz CT molecular complexity index is 646. The third kappa shape index (κ3) is 4.25. The highest BCUT2D eigenvalue weighted by atomic mass is 35.5. The fraction of sp³-hybridized carbons (Fsp3) is 0.214. The first kappa shape index (κ1) is 16.4. The van der Waals surface area contributed by atoms with Gasteiger partial charge in [-0.25, -0.2) is 0 Å². The molecule has 1 saturated heterocycles. The molecule has 1 amide bonds. The number of carbonyl (C=O) groups excluding carboxylic acids is 1. The number of nitrogens with one attached hydrogen (secondary N) is 1. The van der Waals surface area contributed by atoms with Crippen molar-refractivity contribution in [1.29, 1.82) is 0 Å². The highest BCUT2D eigenvalue weighted by Gasteiger charge is 2.16. The van der Waals surface area contributed by atoms with E-state index in [4.69, 9.17) is 21.1 Å². The molecule has 0 radical (unpaired) electrons. The van der Waals surface area contributed by atoms with Crippen LogP contribution >= 0.6 is 23.4 Å². The summed E-state index contributed by atoms with van der Waals surface area (Å²) in [5.41, 5.74) is 0.700. The van der Waals surface area contributed by atoms with Gasteiger partial charge in [-0.1, -0.05) is 36.0 Å². The second-order valence-electron chi connectivity index (χ2n) is 4.12. The van der Waals surface area contributed by atoms with E-state index in [1.807, 2.05) is 0 Å². The standard InChI is InChI=1S/C14H14ClN3O3S/c1-3-4-21-13-10(15)5-9(6-11(13)20-2)7-16-18-14-17-12(19)8-22-14/h3,5-7H,1,4,8H2,2H3,(H,17,18,19). The second-order valence-corrected chi connectivity index (χ2v) is 5.49. The molecule has 22 heavy (non-hydrogen) atoms. The number of amidine groups is 1. The lowest BCUT2D eigenvalue weighted by Crippen LogP contribution is -2.19. The van der Waals surface area contributed by atoms with Crippen molar-refractivity contribution in [3.05, 3.63) is 35.4 Å². The van der Waals surface area contributed by atoms with Crippen LogP contribution in [0.4, 0.5) is 0 Å². The van der Waals surface area contributed by atoms with Gasteiger partial charge in [0.1, 0.15) is 6.61 Å². The van der Waals surface area contributed by atoms with E-state index in [0.717, 1.165) is 0 Å². The number of rotatable bonds is 6. The van der Waals surface area contributed by atoms with Gasteiger partial charge >= 0.3 is 0 Å². The van der Waals surface area contributed by atoms with E-state index < -0.39 is 0 Å². The summed E-state index contributed by atoms with van der Waals surface area (Å²) in [5.74, 6) is 1.23. The van der Waals surface area contributed by atoms with Gasteiger partial charge in [-0.2, -0.15) is 5.10 Å². The summed E-state index contributed by atoms with van der Waals surface area (Å²) >= 11 is 7.48. The van der Waals surface area contributed by atoms with E-state index in [1.54, 1.807) is 18.2 Å². The maximum atomic E-state index is 11.0. The maximum absolute atomic E-state index is 11.0. The van der Waals surface area contributed by atoms with Crippen molar-refractivity contribution in [1.82, 2.24) is 5.32 Å². The normalized spacial score (nSPS) is 16.1. The lowest BCUT2D eigenvalue weighted by molar-refractivity contribution is -0.116. The Morgan fingerprint density at radius 2 is 2.36 bits per heavy atom. The average Bonchev–Trinajstić information content (AvgIpc) is 2.91. The zero-order valence-electron chi connectivity index (χ0n) is 11.8. The molecule has 0 atom stereocenters. The molecule has 1 aliphatic rings. The third-order valence-electron chi connectivity index (χ3n) is 2.54. The smallest absolute Gasteiger partial charge is 0.236 e. The molecule has 6 nitrogen and oxygen atoms in total. The molecule has 0 spiro atoms. The molecule has 1 N–H and O–H groups in total. The lowest BCUT2D eigenvalue weighted by atomic mass is 10.2. The summed E-state index contributed by atoms with van der Waals surface area (Å²) < 4.78 is 10.7. The van der Waals surface area contributed by atoms with Gasteiger partial charge in [0.25, 0.3) is 0 Å². The highest BCUT2D eigenvalue weighted by molar-refractivity contribution is 8.15. The van der Waals surface area contributed by atoms with Crippen molar-refractivity contribution < 1.29 is 14.3 Å². The number of carbonyl (C=O) groups is 1. The van der Waals surface area contributed by atoms with E-state index >= 15 is 0 Å². The fourth-order valence-corrected chi connectivity index (χ4v) is 2.53. The molecule has 1 aliphatic heterocycles. The Kier molecular flexibility index (Phi) is 5.85. The molecule has 116 valence electrons. The minimum Gasteiger partial charge on any atom is -0.493 e. The van der Waals surface area contributed by atoms with E-state index in [-0.39, 0.29) is 5.91 Å². The van der Waals surface area contributed by atoms with E-state index in [2.05, 4.69) is 22.1 Å². The Balaban J connectivity index is 2.16. The van der Waals surface area contributed by atoms with Crippen molar-refractivity contribution in [2.24, 2.45) is 10.2 Å². The van der Waals surface area contributed by atoms with E-state index in [1.165, 1.54) is 25.1 Å². The third-order valence-corrected chi connectivity index (χ3v) is 3.68. The van der Waals surface area contributed by atoms with Crippen LogP contribution in [-0.4, -0.2) is 36.8 Å². The minimum absolute atomic E-state index is 0.0765. The molecule has 0 saturated carbocycles. The summed E-state index contributed by atoms with van der Waals surface area (Å²) in [5, 5.41) is 11.3. The van der Waals surface area contributed by atoms with Crippen LogP contribution in [0.5, 0.6) is 11.5 Å². The van der Waals surface area contributed by atoms with Gasteiger partial charge in [0.05, 0.1) is 24.1 Å². The number of benzene rings is 1. The second kappa shape index (κ2) is 7.86. The van der Waals surface area contributed by atoms with Crippen LogP contribution in [0, 0.1) is 0 Å². The minimum atomic E-state index is -0.0765. The number of ether oxygens (including phenoxy) is 2. The SMILES string of the molecule is C=CCOc1c(Cl)cc(C=NN=C2NC(=O)CS2)cc1OC. The molecule has 1 aromatic rings. The predicted octanol–water partition coefficient (Wildman–Crippen LogP) is 2.47. The van der Waals surface area contributed by atoms with Crippen molar-refractivity contribution in [2.75, 3.05) is 19.5 Å². The average molecular weight is 340 g/mol. The molecular formula is C14H14ClN3O3S. The molecular weight excluding hydrogens is 326 g/mol. The molecule has 0 aliphatic carbocycles. The van der Waals surface area contributed by atoms with Crippen LogP contribution < -0.4 is 14.8 Å². The molecule has 0 aromatic heterocycles. The Morgan fingerprint density at radius 1 is 1.55 bits per heavy atom. The quantitative estimate of drug-likeness (QED) is 0.491. The van der Waals surface area contributed by atoms with Crippen molar-refractivity contribution in [3.8, 4) is 11.5 Å². The van der Waals surface area contributed by atoms with Gasteiger partial charge in [0, 0.05) is 5.56 Å². The zero-order chi connectivity index (χ0) is 15.9. The van der Waals surface area contributed by atoms with Gasteiger partial charge < -0.3 is 14.8 Å². The van der Waals surface area contributed by atoms with E-state index in [9.17, 15) is 4.79 Å². The summed E-state index contributed by atoms with van der Waals surface area (Å²) in [6, 6.07) is 3.42. The molecule has 0 bridgehead atoms. The number of hydrogen-bond donors (Lipinski definition) is 1. The van der Waals surface area contributed by atoms with Crippen LogP contribution in [-0.2, 0) is 4.79 Å². The van der Waals surface area contributed by atoms with Crippen LogP contribution in [0.3, 0.4) is 0 Å². The lowest BCUT2D eigenvalue weighted by Gasteiger charge is -2.11. The first-order valence-electron chi connectivity index (χ1n) is 6.29. The fourth-order valence-electron chi connectivity index (χ4n) is 1.62. The molecule has 2 rings (SSSR count). The van der Waals surface area contributed by atoms with Gasteiger partial charge in [-0.15, -0.1) is 5.10 Å². The molecule has 1 aromatic carbocycles. The Morgan fingerprint density at radius 3 is 3.00 bits per heavy atom. The van der Waals surface area contributed by atoms with Crippen LogP contribution in [0.15, 0.2) is 35.0 Å². The Hall–Kier alpha value is -1.99. The monoisotopic (exact) mass is 339 g/mol. The number of nitrogens with zero attached hydrogens (tertiary/aromatic N) is 2. The van der Waals surface area contributed by atoms with Crippen LogP contribution in [0.25, 0.3) is 0 Å². The van der Waals surface area contributed by atoms with Gasteiger partial charge in [0.15, 0.2) is 16.7 Å². The maximum Gasteiger partial charge on any atom is 0.236 e. The number of thioether (sulfide) groups is 1. The number of amides is 1. The zero-order valence-corrected chi connectivity index (χ0v) is 13.4. The highest BCUT2D eigenvalue weighted by Crippen LogP contribution is 2.36.